The zero-order valence-corrected chi connectivity index (χ0v) is 37.5. The summed E-state index contributed by atoms with van der Waals surface area (Å²) in [6.07, 6.45) is 0.658. The quantitative estimate of drug-likeness (QED) is 0.0898. The molecule has 1 fully saturated rings. The van der Waals surface area contributed by atoms with Crippen molar-refractivity contribution < 1.29 is 38.6 Å². The first-order chi connectivity index (χ1) is 28.1. The number of aryl methyl sites for hydroxylation is 2. The fourth-order valence-electron chi connectivity index (χ4n) is 6.89. The molecule has 1 saturated heterocycles. The van der Waals surface area contributed by atoms with Gasteiger partial charge in [-0.05, 0) is 88.5 Å². The highest BCUT2D eigenvalue weighted by molar-refractivity contribution is 7.13. The molecule has 16 heteroatoms. The van der Waals surface area contributed by atoms with Gasteiger partial charge in [-0.2, -0.15) is 0 Å². The summed E-state index contributed by atoms with van der Waals surface area (Å²) in [5.41, 5.74) is 9.45. The molecule has 2 heterocycles. The average molecular weight is 870 g/mol. The lowest BCUT2D eigenvalue weighted by atomic mass is 9.85. The summed E-state index contributed by atoms with van der Waals surface area (Å²) < 4.78 is 11.3. The molecule has 5 amide bonds. The third-order valence-corrected chi connectivity index (χ3v) is 11.5. The van der Waals surface area contributed by atoms with Crippen molar-refractivity contribution in [3.8, 4) is 16.2 Å². The number of rotatable bonds is 18. The summed E-state index contributed by atoms with van der Waals surface area (Å²) in [5, 5.41) is 19.7. The Kier molecular flexibility index (Phi) is 16.9. The first-order valence-corrected chi connectivity index (χ1v) is 21.7. The number of likely N-dealkylation sites (tertiary alicyclic amines) is 1. The molecular weight excluding hydrogens is 808 g/mol. The maximum atomic E-state index is 14.1. The van der Waals surface area contributed by atoms with E-state index in [0.717, 1.165) is 27.3 Å². The van der Waals surface area contributed by atoms with Gasteiger partial charge >= 0.3 is 6.09 Å². The number of alkyl carbamates (subject to hydrolysis) is 1. The standard InChI is InChI=1S/C44H61ClN6O8S/c1-26(28-16-18-30(19-17-28)38-27(2)47-25-60-38)48-40(55)33-22-32(52)23-51(33)41(56)39(43(3,4)5)50-36(54)15-10-9-12-29-13-11-14-34(37(29)45)58-24-31(20-21-35(46)53)49-42(57)59-44(6,7)8/h11,13-14,16-19,25-26,31-33,39,52H,9-10,12,15,20-24H2,1-8H3,(H2,46,53)(H,48,55)(H,49,57)(H,50,54)/t26-,31+,32+,33-,39+/m0/s1. The van der Waals surface area contributed by atoms with Crippen LogP contribution in [0.5, 0.6) is 5.75 Å². The number of aliphatic hydroxyl groups excluding tert-OH is 1. The highest BCUT2D eigenvalue weighted by Gasteiger charge is 2.44. The van der Waals surface area contributed by atoms with Crippen molar-refractivity contribution >= 4 is 52.7 Å². The number of amides is 5. The Balaban J connectivity index is 1.31. The van der Waals surface area contributed by atoms with Gasteiger partial charge in [-0.3, -0.25) is 19.2 Å². The number of ether oxygens (including phenoxy) is 2. The number of nitrogens with two attached hydrogens (primary N) is 1. The largest absolute Gasteiger partial charge is 0.490 e. The number of carbonyl (C=O) groups is 5. The fourth-order valence-corrected chi connectivity index (χ4v) is 7.98. The van der Waals surface area contributed by atoms with E-state index in [2.05, 4.69) is 20.9 Å². The summed E-state index contributed by atoms with van der Waals surface area (Å²) >= 11 is 8.29. The number of carbonyl (C=O) groups excluding carboxylic acids is 5. The van der Waals surface area contributed by atoms with E-state index in [9.17, 15) is 29.1 Å². The molecule has 1 aliphatic rings. The third-order valence-electron chi connectivity index (χ3n) is 10.1. The van der Waals surface area contributed by atoms with Crippen LogP contribution >= 0.6 is 22.9 Å². The van der Waals surface area contributed by atoms with Crippen LogP contribution in [-0.2, 0) is 30.3 Å². The van der Waals surface area contributed by atoms with Crippen molar-refractivity contribution in [3.05, 3.63) is 69.8 Å². The number of thiazole rings is 1. The highest BCUT2D eigenvalue weighted by atomic mass is 35.5. The number of primary amides is 1. The van der Waals surface area contributed by atoms with Crippen molar-refractivity contribution in [2.24, 2.45) is 11.1 Å². The van der Waals surface area contributed by atoms with Crippen LogP contribution in [0.25, 0.3) is 10.4 Å². The van der Waals surface area contributed by atoms with Gasteiger partial charge in [-0.1, -0.05) is 68.8 Å². The summed E-state index contributed by atoms with van der Waals surface area (Å²) in [5.74, 6) is -1.21. The van der Waals surface area contributed by atoms with Crippen LogP contribution < -0.4 is 26.4 Å². The Bertz CT molecular complexity index is 1960. The molecular formula is C44H61ClN6O8S. The van der Waals surface area contributed by atoms with Crippen LogP contribution in [0.1, 0.15) is 110 Å². The second-order valence-electron chi connectivity index (χ2n) is 17.5. The molecule has 0 unspecified atom stereocenters. The van der Waals surface area contributed by atoms with E-state index in [1.165, 1.54) is 4.90 Å². The zero-order chi connectivity index (χ0) is 44.4. The normalized spacial score (nSPS) is 17.0. The van der Waals surface area contributed by atoms with Crippen LogP contribution in [-0.4, -0.2) is 87.7 Å². The topological polar surface area (TPSA) is 202 Å². The number of nitrogens with zero attached hydrogens (tertiary/aromatic N) is 2. The molecule has 0 bridgehead atoms. The van der Waals surface area contributed by atoms with Crippen molar-refractivity contribution in [3.63, 3.8) is 0 Å². The number of aromatic nitrogens is 1. The second-order valence-corrected chi connectivity index (χ2v) is 18.7. The monoisotopic (exact) mass is 868 g/mol. The van der Waals surface area contributed by atoms with Gasteiger partial charge in [0.1, 0.15) is 30.0 Å². The van der Waals surface area contributed by atoms with Gasteiger partial charge in [0.05, 0.1) is 39.3 Å². The van der Waals surface area contributed by atoms with E-state index in [0.29, 0.717) is 30.0 Å². The molecule has 0 aliphatic carbocycles. The fraction of sp³-hybridized carbons (Fsp3) is 0.545. The molecule has 328 valence electrons. The Morgan fingerprint density at radius 2 is 1.70 bits per heavy atom. The smallest absolute Gasteiger partial charge is 0.407 e. The number of halogens is 1. The molecule has 3 aromatic rings. The highest BCUT2D eigenvalue weighted by Crippen LogP contribution is 2.31. The first-order valence-electron chi connectivity index (χ1n) is 20.4. The Morgan fingerprint density at radius 1 is 1.00 bits per heavy atom. The zero-order valence-electron chi connectivity index (χ0n) is 35.9. The van der Waals surface area contributed by atoms with Crippen LogP contribution in [0.4, 0.5) is 4.79 Å². The van der Waals surface area contributed by atoms with Gasteiger partial charge < -0.3 is 41.2 Å². The molecule has 6 N–H and O–H groups in total. The number of hydrogen-bond donors (Lipinski definition) is 5. The third kappa shape index (κ3) is 14.2. The van der Waals surface area contributed by atoms with E-state index >= 15 is 0 Å². The average Bonchev–Trinajstić information content (AvgIpc) is 3.78. The molecule has 60 heavy (non-hydrogen) atoms. The maximum absolute atomic E-state index is 14.1. The minimum Gasteiger partial charge on any atom is -0.490 e. The van der Waals surface area contributed by atoms with E-state index in [4.69, 9.17) is 26.8 Å². The van der Waals surface area contributed by atoms with Gasteiger partial charge in [0.25, 0.3) is 0 Å². The van der Waals surface area contributed by atoms with Gasteiger partial charge in [-0.25, -0.2) is 9.78 Å². The predicted octanol–water partition coefficient (Wildman–Crippen LogP) is 6.39. The van der Waals surface area contributed by atoms with Crippen molar-refractivity contribution in [2.75, 3.05) is 13.2 Å². The molecule has 0 spiro atoms. The number of β-amino-alcohol motifs (C(OH)–C–C–N with tert-alkyl or cyclic N) is 1. The van der Waals surface area contributed by atoms with E-state index in [-0.39, 0.29) is 56.7 Å². The molecule has 1 aliphatic heterocycles. The van der Waals surface area contributed by atoms with E-state index in [1.807, 2.05) is 70.5 Å². The number of benzene rings is 2. The predicted molar refractivity (Wildman–Crippen MR) is 232 cm³/mol. The Hall–Kier alpha value is -4.73. The molecule has 5 atom stereocenters. The Labute approximate surface area is 362 Å². The second kappa shape index (κ2) is 21.2. The van der Waals surface area contributed by atoms with Crippen molar-refractivity contribution in [1.82, 2.24) is 25.8 Å². The van der Waals surface area contributed by atoms with Gasteiger partial charge in [0.2, 0.25) is 23.6 Å². The summed E-state index contributed by atoms with van der Waals surface area (Å²) in [6.45, 7) is 14.6. The van der Waals surface area contributed by atoms with E-state index < -0.39 is 53.2 Å². The Morgan fingerprint density at radius 3 is 2.32 bits per heavy atom. The van der Waals surface area contributed by atoms with Crippen molar-refractivity contribution in [2.45, 2.75) is 136 Å². The molecule has 14 nitrogen and oxygen atoms in total. The van der Waals surface area contributed by atoms with Gasteiger partial charge in [-0.15, -0.1) is 11.3 Å². The lowest BCUT2D eigenvalue weighted by Crippen LogP contribution is -2.57. The molecule has 2 aromatic carbocycles. The molecule has 1 aromatic heterocycles. The lowest BCUT2D eigenvalue weighted by Gasteiger charge is -2.35. The number of unbranched alkanes of at least 4 members (excludes halogenated alkanes) is 1. The summed E-state index contributed by atoms with van der Waals surface area (Å²) in [7, 11) is 0. The SMILES string of the molecule is Cc1ncsc1-c1ccc([C@H](C)NC(=O)[C@@H]2C[C@@H](O)CN2C(=O)[C@@H](NC(=O)CCCCc2cccc(OC[C@@H](CCC(N)=O)NC(=O)OC(C)(C)C)c2Cl)C(C)(C)C)cc1. The van der Waals surface area contributed by atoms with Crippen LogP contribution in [0.2, 0.25) is 5.02 Å². The first kappa shape index (κ1) is 47.9. The van der Waals surface area contributed by atoms with Crippen LogP contribution in [0.3, 0.4) is 0 Å². The van der Waals surface area contributed by atoms with Crippen molar-refractivity contribution in [1.29, 1.82) is 0 Å². The number of aliphatic hydroxyl groups is 1. The minimum atomic E-state index is -0.939. The minimum absolute atomic E-state index is 0.0194. The summed E-state index contributed by atoms with van der Waals surface area (Å²) in [4.78, 5) is 71.7. The van der Waals surface area contributed by atoms with E-state index in [1.54, 1.807) is 44.2 Å². The van der Waals surface area contributed by atoms with Gasteiger partial charge in [0, 0.05) is 25.8 Å². The van der Waals surface area contributed by atoms with Crippen LogP contribution in [0, 0.1) is 12.3 Å². The van der Waals surface area contributed by atoms with Gasteiger partial charge in [0.15, 0.2) is 0 Å². The molecule has 4 rings (SSSR count). The van der Waals surface area contributed by atoms with Crippen LogP contribution in [0.15, 0.2) is 48.0 Å². The molecule has 0 radical (unpaired) electrons. The maximum Gasteiger partial charge on any atom is 0.407 e. The lowest BCUT2D eigenvalue weighted by molar-refractivity contribution is -0.144. The number of nitrogens with one attached hydrogen (secondary N) is 3. The molecule has 0 saturated carbocycles. The summed E-state index contributed by atoms with van der Waals surface area (Å²) in [6, 6.07) is 10.5. The number of hydrogen-bond acceptors (Lipinski definition) is 10.